The van der Waals surface area contributed by atoms with E-state index in [0.717, 1.165) is 3.79 Å². The van der Waals surface area contributed by atoms with Gasteiger partial charge in [-0.15, -0.1) is 11.3 Å². The van der Waals surface area contributed by atoms with Crippen LogP contribution >= 0.6 is 50.5 Å². The van der Waals surface area contributed by atoms with Gasteiger partial charge in [-0.1, -0.05) is 29.3 Å². The number of hydrogen-bond acceptors (Lipinski definition) is 2. The topological polar surface area (TPSA) is 29.1 Å². The fourth-order valence-corrected chi connectivity index (χ4v) is 2.71. The van der Waals surface area contributed by atoms with Gasteiger partial charge in [0.1, 0.15) is 0 Å². The minimum Gasteiger partial charge on any atom is -0.321 e. The first-order chi connectivity index (χ1) is 8.08. The monoisotopic (exact) mass is 349 g/mol. The molecule has 0 aliphatic heterocycles. The lowest BCUT2D eigenvalue weighted by molar-refractivity contribution is 0.102. The Balaban J connectivity index is 2.21. The Hall–Kier alpha value is -0.550. The van der Waals surface area contributed by atoms with Crippen LogP contribution in [0.1, 0.15) is 10.4 Å². The molecule has 6 heteroatoms. The van der Waals surface area contributed by atoms with Gasteiger partial charge in [-0.25, -0.2) is 0 Å². The fraction of sp³-hybridized carbons (Fsp3) is 0. The lowest BCUT2D eigenvalue weighted by Gasteiger charge is -2.06. The predicted molar refractivity (Wildman–Crippen MR) is 76.4 cm³/mol. The molecule has 88 valence electrons. The number of carbonyl (C=O) groups excluding carboxylic acids is 1. The second kappa shape index (κ2) is 5.40. The molecule has 0 atom stereocenters. The maximum absolute atomic E-state index is 11.9. The first-order valence-corrected chi connectivity index (χ1v) is 7.00. The molecule has 0 radical (unpaired) electrons. The Morgan fingerprint density at radius 3 is 2.76 bits per heavy atom. The molecular weight excluding hydrogens is 345 g/mol. The molecule has 0 aliphatic rings. The summed E-state index contributed by atoms with van der Waals surface area (Å²) in [5, 5.41) is 5.23. The highest BCUT2D eigenvalue weighted by atomic mass is 79.9. The first-order valence-electron chi connectivity index (χ1n) is 4.57. The average molecular weight is 351 g/mol. The van der Waals surface area contributed by atoms with Crippen molar-refractivity contribution >= 4 is 62.1 Å². The van der Waals surface area contributed by atoms with Gasteiger partial charge in [0.15, 0.2) is 0 Å². The molecule has 1 aromatic carbocycles. The highest BCUT2D eigenvalue weighted by molar-refractivity contribution is 9.11. The van der Waals surface area contributed by atoms with Gasteiger partial charge in [0.25, 0.3) is 5.91 Å². The molecule has 0 aliphatic carbocycles. The zero-order valence-corrected chi connectivity index (χ0v) is 12.3. The molecule has 17 heavy (non-hydrogen) atoms. The van der Waals surface area contributed by atoms with Crippen molar-refractivity contribution in [1.82, 2.24) is 0 Å². The molecular formula is C11H6BrCl2NOS. The van der Waals surface area contributed by atoms with E-state index in [0.29, 0.717) is 21.3 Å². The number of thiophene rings is 1. The van der Waals surface area contributed by atoms with Crippen molar-refractivity contribution in [3.8, 4) is 0 Å². The van der Waals surface area contributed by atoms with E-state index in [1.807, 2.05) is 0 Å². The Bertz CT molecular complexity index is 570. The fourth-order valence-electron chi connectivity index (χ4n) is 1.22. The summed E-state index contributed by atoms with van der Waals surface area (Å²) in [6.07, 6.45) is 0. The van der Waals surface area contributed by atoms with Gasteiger partial charge < -0.3 is 5.32 Å². The number of nitrogens with one attached hydrogen (secondary N) is 1. The number of anilines is 1. The molecule has 0 fully saturated rings. The molecule has 2 aromatic rings. The van der Waals surface area contributed by atoms with E-state index in [-0.39, 0.29) is 5.91 Å². The van der Waals surface area contributed by atoms with Gasteiger partial charge in [-0.05, 0) is 34.1 Å². The van der Waals surface area contributed by atoms with E-state index in [1.165, 1.54) is 11.3 Å². The Morgan fingerprint density at radius 2 is 2.12 bits per heavy atom. The number of halogens is 3. The third-order valence-electron chi connectivity index (χ3n) is 2.03. The van der Waals surface area contributed by atoms with Gasteiger partial charge in [0, 0.05) is 5.38 Å². The summed E-state index contributed by atoms with van der Waals surface area (Å²) in [5.74, 6) is -0.212. The smallest absolute Gasteiger partial charge is 0.256 e. The maximum Gasteiger partial charge on any atom is 0.256 e. The standard InChI is InChI=1S/C11H6BrCl2NOS/c12-9-4-6(5-17-9)11(16)15-8-3-1-2-7(13)10(8)14/h1-5H,(H,15,16). The first kappa shape index (κ1) is 12.9. The van der Waals surface area contributed by atoms with E-state index in [1.54, 1.807) is 29.6 Å². The average Bonchev–Trinajstić information content (AvgIpc) is 2.72. The van der Waals surface area contributed by atoms with Crippen LogP contribution in [0.3, 0.4) is 0 Å². The summed E-state index contributed by atoms with van der Waals surface area (Å²) in [6.45, 7) is 0. The quantitative estimate of drug-likeness (QED) is 0.804. The largest absolute Gasteiger partial charge is 0.321 e. The summed E-state index contributed by atoms with van der Waals surface area (Å²) in [7, 11) is 0. The van der Waals surface area contributed by atoms with Gasteiger partial charge in [-0.3, -0.25) is 4.79 Å². The maximum atomic E-state index is 11.9. The summed E-state index contributed by atoms with van der Waals surface area (Å²) in [5.41, 5.74) is 1.09. The SMILES string of the molecule is O=C(Nc1cccc(Cl)c1Cl)c1csc(Br)c1. The highest BCUT2D eigenvalue weighted by Gasteiger charge is 2.11. The molecule has 0 unspecified atom stereocenters. The Labute approximate surface area is 121 Å². The lowest BCUT2D eigenvalue weighted by atomic mass is 10.3. The van der Waals surface area contributed by atoms with E-state index in [2.05, 4.69) is 21.2 Å². The lowest BCUT2D eigenvalue weighted by Crippen LogP contribution is -2.11. The summed E-state index contributed by atoms with van der Waals surface area (Å²) >= 11 is 16.6. The molecule has 2 nitrogen and oxygen atoms in total. The van der Waals surface area contributed by atoms with Crippen LogP contribution in [0.15, 0.2) is 33.4 Å². The molecule has 1 amide bonds. The third kappa shape index (κ3) is 3.01. The van der Waals surface area contributed by atoms with Crippen LogP contribution in [0, 0.1) is 0 Å². The second-order valence-electron chi connectivity index (χ2n) is 3.19. The van der Waals surface area contributed by atoms with Gasteiger partial charge in [0.2, 0.25) is 0 Å². The van der Waals surface area contributed by atoms with Crippen LogP contribution < -0.4 is 5.32 Å². The molecule has 1 N–H and O–H groups in total. The Morgan fingerprint density at radius 1 is 1.35 bits per heavy atom. The van der Waals surface area contributed by atoms with Crippen molar-refractivity contribution in [2.75, 3.05) is 5.32 Å². The van der Waals surface area contributed by atoms with E-state index >= 15 is 0 Å². The van der Waals surface area contributed by atoms with Gasteiger partial charge in [-0.2, -0.15) is 0 Å². The molecule has 0 saturated carbocycles. The third-order valence-corrected chi connectivity index (χ3v) is 4.35. The number of carbonyl (C=O) groups is 1. The minimum atomic E-state index is -0.212. The second-order valence-corrected chi connectivity index (χ2v) is 6.27. The van der Waals surface area contributed by atoms with Crippen molar-refractivity contribution in [2.45, 2.75) is 0 Å². The van der Waals surface area contributed by atoms with Crippen LogP contribution in [0.25, 0.3) is 0 Å². The number of hydrogen-bond donors (Lipinski definition) is 1. The zero-order chi connectivity index (χ0) is 12.4. The number of rotatable bonds is 2. The van der Waals surface area contributed by atoms with Crippen molar-refractivity contribution in [3.63, 3.8) is 0 Å². The molecule has 0 spiro atoms. The predicted octanol–water partition coefficient (Wildman–Crippen LogP) is 5.07. The summed E-state index contributed by atoms with van der Waals surface area (Å²) in [4.78, 5) is 11.9. The van der Waals surface area contributed by atoms with E-state index < -0.39 is 0 Å². The van der Waals surface area contributed by atoms with E-state index in [9.17, 15) is 4.79 Å². The van der Waals surface area contributed by atoms with Crippen LogP contribution in [-0.2, 0) is 0 Å². The molecule has 1 heterocycles. The molecule has 1 aromatic heterocycles. The number of benzene rings is 1. The van der Waals surface area contributed by atoms with Crippen molar-refractivity contribution in [1.29, 1.82) is 0 Å². The highest BCUT2D eigenvalue weighted by Crippen LogP contribution is 2.30. The minimum absolute atomic E-state index is 0.212. The molecule has 0 saturated heterocycles. The normalized spacial score (nSPS) is 10.3. The summed E-state index contributed by atoms with van der Waals surface area (Å²) in [6, 6.07) is 6.85. The van der Waals surface area contributed by atoms with E-state index in [4.69, 9.17) is 23.2 Å². The molecule has 2 rings (SSSR count). The molecule has 0 bridgehead atoms. The van der Waals surface area contributed by atoms with Crippen molar-refractivity contribution in [3.05, 3.63) is 49.0 Å². The summed E-state index contributed by atoms with van der Waals surface area (Å²) < 4.78 is 0.903. The van der Waals surface area contributed by atoms with Crippen LogP contribution in [0.4, 0.5) is 5.69 Å². The van der Waals surface area contributed by atoms with Crippen molar-refractivity contribution < 1.29 is 4.79 Å². The van der Waals surface area contributed by atoms with Crippen LogP contribution in [-0.4, -0.2) is 5.91 Å². The Kier molecular flexibility index (Phi) is 4.09. The van der Waals surface area contributed by atoms with Crippen molar-refractivity contribution in [2.24, 2.45) is 0 Å². The van der Waals surface area contributed by atoms with Gasteiger partial charge >= 0.3 is 0 Å². The zero-order valence-electron chi connectivity index (χ0n) is 8.34. The number of amides is 1. The van der Waals surface area contributed by atoms with Crippen LogP contribution in [0.2, 0.25) is 10.0 Å². The van der Waals surface area contributed by atoms with Crippen LogP contribution in [0.5, 0.6) is 0 Å². The van der Waals surface area contributed by atoms with Gasteiger partial charge in [0.05, 0.1) is 25.1 Å².